The molecule has 0 saturated heterocycles. The third-order valence-corrected chi connectivity index (χ3v) is 4.68. The molecule has 1 aromatic heterocycles. The molecule has 2 N–H and O–H groups in total. The number of carbonyl (C=O) groups is 3. The number of hydrogen-bond donors (Lipinski definition) is 2. The maximum absolute atomic E-state index is 13.2. The molecule has 26 heavy (non-hydrogen) atoms. The molecule has 2 rings (SSSR count). The minimum atomic E-state index is -1.08. The first-order valence-electron chi connectivity index (χ1n) is 8.00. The average Bonchev–Trinajstić information content (AvgIpc) is 2.93. The highest BCUT2D eigenvalue weighted by atomic mass is 32.1. The highest BCUT2D eigenvalue weighted by Crippen LogP contribution is 2.28. The van der Waals surface area contributed by atoms with Crippen LogP contribution in [0, 0.1) is 12.7 Å². The first-order valence-corrected chi connectivity index (χ1v) is 8.82. The molecule has 0 radical (unpaired) electrons. The summed E-state index contributed by atoms with van der Waals surface area (Å²) < 4.78 is 13.2. The summed E-state index contributed by atoms with van der Waals surface area (Å²) in [7, 11) is 0. The van der Waals surface area contributed by atoms with E-state index < -0.39 is 17.7 Å². The quantitative estimate of drug-likeness (QED) is 0.773. The summed E-state index contributed by atoms with van der Waals surface area (Å²) in [6.45, 7) is 3.52. The van der Waals surface area contributed by atoms with Gasteiger partial charge in [0.1, 0.15) is 12.4 Å². The highest BCUT2D eigenvalue weighted by Gasteiger charge is 2.22. The number of nitrogens with zero attached hydrogens (tertiary/aromatic N) is 1. The summed E-state index contributed by atoms with van der Waals surface area (Å²) in [4.78, 5) is 37.4. The van der Waals surface area contributed by atoms with Crippen molar-refractivity contribution < 1.29 is 23.9 Å². The molecular weight excluding hydrogens is 359 g/mol. The number of amides is 2. The van der Waals surface area contributed by atoms with Gasteiger partial charge in [0.05, 0.1) is 9.88 Å². The smallest absolute Gasteiger partial charge is 0.323 e. The van der Waals surface area contributed by atoms with Crippen molar-refractivity contribution in [1.82, 2.24) is 4.90 Å². The molecule has 0 aliphatic heterocycles. The summed E-state index contributed by atoms with van der Waals surface area (Å²) in [6.07, 6.45) is 0.632. The Morgan fingerprint density at radius 2 is 2.00 bits per heavy atom. The number of carboxylic acids is 1. The van der Waals surface area contributed by atoms with Crippen LogP contribution in [-0.4, -0.2) is 40.9 Å². The van der Waals surface area contributed by atoms with Gasteiger partial charge in [0.2, 0.25) is 0 Å². The van der Waals surface area contributed by atoms with E-state index >= 15 is 0 Å². The minimum Gasteiger partial charge on any atom is -0.480 e. The third-order valence-electron chi connectivity index (χ3n) is 3.54. The predicted octanol–water partition coefficient (Wildman–Crippen LogP) is 3.38. The first kappa shape index (κ1) is 19.6. The zero-order valence-corrected chi connectivity index (χ0v) is 15.2. The fraction of sp³-hybridized carbons (Fsp3) is 0.278. The Bertz CT molecular complexity index is 834. The van der Waals surface area contributed by atoms with Crippen LogP contribution in [0.15, 0.2) is 30.3 Å². The molecule has 0 bridgehead atoms. The topological polar surface area (TPSA) is 86.7 Å². The van der Waals surface area contributed by atoms with Gasteiger partial charge in [-0.25, -0.2) is 4.39 Å². The van der Waals surface area contributed by atoms with Crippen LogP contribution >= 0.6 is 11.3 Å². The summed E-state index contributed by atoms with van der Waals surface area (Å²) in [6, 6.07) is 6.93. The second-order valence-electron chi connectivity index (χ2n) is 5.71. The Morgan fingerprint density at radius 1 is 1.27 bits per heavy atom. The number of halogens is 1. The van der Waals surface area contributed by atoms with E-state index in [1.54, 1.807) is 13.0 Å². The van der Waals surface area contributed by atoms with Crippen LogP contribution in [0.3, 0.4) is 0 Å². The Morgan fingerprint density at radius 3 is 2.62 bits per heavy atom. The van der Waals surface area contributed by atoms with Crippen LogP contribution in [0.1, 0.15) is 38.9 Å². The first-order chi connectivity index (χ1) is 12.3. The monoisotopic (exact) mass is 378 g/mol. The van der Waals surface area contributed by atoms with Gasteiger partial charge in [-0.3, -0.25) is 14.4 Å². The van der Waals surface area contributed by atoms with E-state index in [1.807, 2.05) is 6.92 Å². The number of nitrogens with one attached hydrogen (secondary N) is 1. The van der Waals surface area contributed by atoms with E-state index in [0.29, 0.717) is 28.4 Å². The number of aliphatic carboxylic acids is 1. The summed E-state index contributed by atoms with van der Waals surface area (Å²) >= 11 is 1.07. The molecule has 0 fully saturated rings. The maximum atomic E-state index is 13.2. The lowest BCUT2D eigenvalue weighted by Gasteiger charge is -2.19. The molecule has 0 aliphatic rings. The molecule has 0 aliphatic carbocycles. The maximum Gasteiger partial charge on any atom is 0.323 e. The normalized spacial score (nSPS) is 10.4. The van der Waals surface area contributed by atoms with Crippen molar-refractivity contribution in [3.8, 4) is 0 Å². The van der Waals surface area contributed by atoms with Gasteiger partial charge in [-0.15, -0.1) is 11.3 Å². The van der Waals surface area contributed by atoms with Gasteiger partial charge in [0, 0.05) is 12.1 Å². The van der Waals surface area contributed by atoms with Gasteiger partial charge >= 0.3 is 5.97 Å². The molecule has 2 aromatic rings. The van der Waals surface area contributed by atoms with Crippen LogP contribution < -0.4 is 5.32 Å². The molecule has 1 aromatic carbocycles. The predicted molar refractivity (Wildman–Crippen MR) is 97.2 cm³/mol. The van der Waals surface area contributed by atoms with Gasteiger partial charge < -0.3 is 15.3 Å². The van der Waals surface area contributed by atoms with Crippen molar-refractivity contribution in [1.29, 1.82) is 0 Å². The van der Waals surface area contributed by atoms with E-state index in [4.69, 9.17) is 5.11 Å². The molecule has 6 nitrogen and oxygen atoms in total. The van der Waals surface area contributed by atoms with Crippen molar-refractivity contribution in [3.63, 3.8) is 0 Å². The van der Waals surface area contributed by atoms with Crippen LogP contribution in [-0.2, 0) is 4.79 Å². The average molecular weight is 378 g/mol. The molecule has 138 valence electrons. The van der Waals surface area contributed by atoms with E-state index in [2.05, 4.69) is 5.32 Å². The molecule has 0 atom stereocenters. The lowest BCUT2D eigenvalue weighted by atomic mass is 10.2. The van der Waals surface area contributed by atoms with E-state index in [9.17, 15) is 18.8 Å². The molecule has 2 amide bonds. The van der Waals surface area contributed by atoms with E-state index in [-0.39, 0.29) is 18.0 Å². The SMILES string of the molecule is CCCN(CC(=O)O)C(=O)c1sc(NC(=O)c2cccc(F)c2)cc1C. The van der Waals surface area contributed by atoms with Crippen molar-refractivity contribution in [3.05, 3.63) is 52.2 Å². The lowest BCUT2D eigenvalue weighted by molar-refractivity contribution is -0.137. The van der Waals surface area contributed by atoms with Crippen molar-refractivity contribution in [2.45, 2.75) is 20.3 Å². The number of carboxylic acid groups (broad SMARTS) is 1. The lowest BCUT2D eigenvalue weighted by Crippen LogP contribution is -2.36. The Kier molecular flexibility index (Phi) is 6.46. The largest absolute Gasteiger partial charge is 0.480 e. The third kappa shape index (κ3) is 4.89. The second kappa shape index (κ2) is 8.57. The highest BCUT2D eigenvalue weighted by molar-refractivity contribution is 7.18. The minimum absolute atomic E-state index is 0.169. The van der Waals surface area contributed by atoms with Crippen LogP contribution in [0.2, 0.25) is 0 Å². The van der Waals surface area contributed by atoms with E-state index in [1.165, 1.54) is 23.1 Å². The van der Waals surface area contributed by atoms with E-state index in [0.717, 1.165) is 17.4 Å². The fourth-order valence-electron chi connectivity index (χ4n) is 2.40. The van der Waals surface area contributed by atoms with Gasteiger partial charge in [-0.2, -0.15) is 0 Å². The van der Waals surface area contributed by atoms with Crippen molar-refractivity contribution >= 4 is 34.1 Å². The summed E-state index contributed by atoms with van der Waals surface area (Å²) in [5.41, 5.74) is 0.809. The summed E-state index contributed by atoms with van der Waals surface area (Å²) in [5.74, 6) is -2.47. The Balaban J connectivity index is 2.18. The zero-order chi connectivity index (χ0) is 19.3. The number of anilines is 1. The molecule has 0 spiro atoms. The number of thiophene rings is 1. The number of hydrogen-bond acceptors (Lipinski definition) is 4. The Labute approximate surface area is 154 Å². The standard InChI is InChI=1S/C18H19FN2O4S/c1-3-7-21(10-15(22)23)18(25)16-11(2)8-14(26-16)20-17(24)12-5-4-6-13(19)9-12/h4-6,8-9H,3,7,10H2,1-2H3,(H,20,24)(H,22,23). The Hall–Kier alpha value is -2.74. The number of benzene rings is 1. The molecule has 1 heterocycles. The number of carbonyl (C=O) groups excluding carboxylic acids is 2. The zero-order valence-electron chi connectivity index (χ0n) is 14.4. The van der Waals surface area contributed by atoms with Crippen molar-refractivity contribution in [2.24, 2.45) is 0 Å². The van der Waals surface area contributed by atoms with Crippen molar-refractivity contribution in [2.75, 3.05) is 18.4 Å². The van der Waals surface area contributed by atoms with Gasteiger partial charge in [0.25, 0.3) is 11.8 Å². The second-order valence-corrected chi connectivity index (χ2v) is 6.76. The fourth-order valence-corrected chi connectivity index (χ4v) is 3.43. The van der Waals surface area contributed by atoms with Gasteiger partial charge in [-0.05, 0) is 43.2 Å². The number of aryl methyl sites for hydroxylation is 1. The number of rotatable bonds is 7. The molecule has 0 saturated carbocycles. The van der Waals surface area contributed by atoms with Gasteiger partial charge in [0.15, 0.2) is 0 Å². The van der Waals surface area contributed by atoms with Crippen LogP contribution in [0.25, 0.3) is 0 Å². The molecule has 8 heteroatoms. The van der Waals surface area contributed by atoms with Gasteiger partial charge in [-0.1, -0.05) is 13.0 Å². The summed E-state index contributed by atoms with van der Waals surface area (Å²) in [5, 5.41) is 12.0. The molecule has 0 unspecified atom stereocenters. The molecular formula is C18H19FN2O4S. The van der Waals surface area contributed by atoms with Crippen LogP contribution in [0.5, 0.6) is 0 Å². The van der Waals surface area contributed by atoms with Crippen LogP contribution in [0.4, 0.5) is 9.39 Å².